The van der Waals surface area contributed by atoms with Gasteiger partial charge in [-0.15, -0.1) is 0 Å². The Morgan fingerprint density at radius 1 is 1.70 bits per heavy atom. The molecule has 0 radical (unpaired) electrons. The number of esters is 1. The molecule has 3 heteroatoms. The molecule has 1 aliphatic rings. The Bertz CT molecular complexity index is 172. The van der Waals surface area contributed by atoms with Gasteiger partial charge in [0.05, 0.1) is 0 Å². The van der Waals surface area contributed by atoms with Crippen LogP contribution in [0.2, 0.25) is 0 Å². The number of carbonyl (C=O) groups is 1. The van der Waals surface area contributed by atoms with Crippen molar-refractivity contribution in [3.8, 4) is 0 Å². The van der Waals surface area contributed by atoms with Gasteiger partial charge in [-0.05, 0) is 5.92 Å². The normalized spacial score (nSPS) is 17.5. The second-order valence-corrected chi connectivity index (χ2v) is 2.78. The molecule has 0 aliphatic carbocycles. The summed E-state index contributed by atoms with van der Waals surface area (Å²) in [7, 11) is 0. The number of hydrogen-bond acceptors (Lipinski definition) is 3. The van der Waals surface area contributed by atoms with E-state index in [0.717, 1.165) is 6.42 Å². The highest BCUT2D eigenvalue weighted by Crippen LogP contribution is 2.07. The highest BCUT2D eigenvalue weighted by molar-refractivity contribution is 5.95. The fraction of sp³-hybridized carbons (Fsp3) is 0.714. The van der Waals surface area contributed by atoms with Crippen molar-refractivity contribution in [1.82, 2.24) is 0 Å². The molecule has 3 nitrogen and oxygen atoms in total. The van der Waals surface area contributed by atoms with Crippen molar-refractivity contribution in [2.24, 2.45) is 10.9 Å². The van der Waals surface area contributed by atoms with Gasteiger partial charge in [0.2, 0.25) is 0 Å². The van der Waals surface area contributed by atoms with Crippen molar-refractivity contribution in [2.45, 2.75) is 20.3 Å². The third kappa shape index (κ3) is 1.83. The van der Waals surface area contributed by atoms with Crippen LogP contribution in [0.1, 0.15) is 20.3 Å². The minimum Gasteiger partial charge on any atom is -0.411 e. The van der Waals surface area contributed by atoms with Crippen LogP contribution in [0.3, 0.4) is 0 Å². The first-order valence-electron chi connectivity index (χ1n) is 3.42. The van der Waals surface area contributed by atoms with E-state index in [1.165, 1.54) is 0 Å². The summed E-state index contributed by atoms with van der Waals surface area (Å²) in [5, 5.41) is 0. The van der Waals surface area contributed by atoms with Crippen molar-refractivity contribution in [1.29, 1.82) is 0 Å². The van der Waals surface area contributed by atoms with Gasteiger partial charge in [-0.1, -0.05) is 13.8 Å². The van der Waals surface area contributed by atoms with E-state index < -0.39 is 0 Å². The molecule has 0 N–H and O–H groups in total. The predicted molar refractivity (Wildman–Crippen MR) is 37.8 cm³/mol. The third-order valence-corrected chi connectivity index (χ3v) is 1.20. The van der Waals surface area contributed by atoms with Gasteiger partial charge in [0, 0.05) is 6.42 Å². The second-order valence-electron chi connectivity index (χ2n) is 2.78. The number of aliphatic imine (C=N–C) groups is 1. The summed E-state index contributed by atoms with van der Waals surface area (Å²) in [5.41, 5.74) is 0. The monoisotopic (exact) mass is 141 g/mol. The Labute approximate surface area is 60.1 Å². The number of cyclic esters (lactones) is 1. The average molecular weight is 141 g/mol. The van der Waals surface area contributed by atoms with Gasteiger partial charge in [-0.2, -0.15) is 0 Å². The topological polar surface area (TPSA) is 38.7 Å². The molecule has 0 saturated carbocycles. The standard InChI is InChI=1S/C7H11NO2/c1-5(2)3-6-8-4-7(9)10-6/h5H,3-4H2,1-2H3. The van der Waals surface area contributed by atoms with Gasteiger partial charge >= 0.3 is 5.97 Å². The smallest absolute Gasteiger partial charge is 0.334 e. The van der Waals surface area contributed by atoms with Crippen molar-refractivity contribution in [2.75, 3.05) is 6.54 Å². The molecule has 0 fully saturated rings. The van der Waals surface area contributed by atoms with E-state index in [4.69, 9.17) is 4.74 Å². The lowest BCUT2D eigenvalue weighted by Crippen LogP contribution is -2.06. The van der Waals surface area contributed by atoms with Crippen LogP contribution in [0.25, 0.3) is 0 Å². The highest BCUT2D eigenvalue weighted by atomic mass is 16.6. The molecular weight excluding hydrogens is 130 g/mol. The van der Waals surface area contributed by atoms with Crippen LogP contribution in [0.15, 0.2) is 4.99 Å². The van der Waals surface area contributed by atoms with Crippen LogP contribution in [-0.2, 0) is 9.53 Å². The molecule has 56 valence electrons. The number of nitrogens with zero attached hydrogens (tertiary/aromatic N) is 1. The quantitative estimate of drug-likeness (QED) is 0.538. The summed E-state index contributed by atoms with van der Waals surface area (Å²) >= 11 is 0. The summed E-state index contributed by atoms with van der Waals surface area (Å²) in [6.45, 7) is 4.34. The number of carbonyl (C=O) groups excluding carboxylic acids is 1. The summed E-state index contributed by atoms with van der Waals surface area (Å²) in [4.78, 5) is 14.4. The molecule has 0 atom stereocenters. The molecule has 0 aromatic rings. The van der Waals surface area contributed by atoms with Gasteiger partial charge in [-0.25, -0.2) is 9.79 Å². The third-order valence-electron chi connectivity index (χ3n) is 1.20. The van der Waals surface area contributed by atoms with Crippen molar-refractivity contribution < 1.29 is 9.53 Å². The lowest BCUT2D eigenvalue weighted by Gasteiger charge is -2.01. The van der Waals surface area contributed by atoms with E-state index in [0.29, 0.717) is 11.8 Å². The average Bonchev–Trinajstić information content (AvgIpc) is 2.13. The van der Waals surface area contributed by atoms with E-state index >= 15 is 0 Å². The molecule has 0 saturated heterocycles. The van der Waals surface area contributed by atoms with E-state index in [1.54, 1.807) is 0 Å². The minimum absolute atomic E-state index is 0.210. The lowest BCUT2D eigenvalue weighted by molar-refractivity contribution is -0.132. The first kappa shape index (κ1) is 7.25. The van der Waals surface area contributed by atoms with Crippen LogP contribution in [0, 0.1) is 5.92 Å². The SMILES string of the molecule is CC(C)CC1=NCC(=O)O1. The fourth-order valence-corrected chi connectivity index (χ4v) is 0.804. The Balaban J connectivity index is 2.37. The van der Waals surface area contributed by atoms with Gasteiger partial charge < -0.3 is 4.74 Å². The Morgan fingerprint density at radius 2 is 2.40 bits per heavy atom. The zero-order valence-corrected chi connectivity index (χ0v) is 6.26. The maximum absolute atomic E-state index is 10.5. The Kier molecular flexibility index (Phi) is 2.04. The van der Waals surface area contributed by atoms with Crippen LogP contribution in [-0.4, -0.2) is 18.4 Å². The Hall–Kier alpha value is -0.860. The second kappa shape index (κ2) is 2.82. The van der Waals surface area contributed by atoms with Crippen molar-refractivity contribution >= 4 is 11.9 Å². The molecular formula is C7H11NO2. The van der Waals surface area contributed by atoms with Crippen molar-refractivity contribution in [3.63, 3.8) is 0 Å². The summed E-state index contributed by atoms with van der Waals surface area (Å²) in [6.07, 6.45) is 0.770. The minimum atomic E-state index is -0.226. The van der Waals surface area contributed by atoms with Crippen molar-refractivity contribution in [3.05, 3.63) is 0 Å². The zero-order valence-electron chi connectivity index (χ0n) is 6.26. The first-order valence-corrected chi connectivity index (χ1v) is 3.42. The fourth-order valence-electron chi connectivity index (χ4n) is 0.804. The maximum atomic E-state index is 10.5. The molecule has 0 spiro atoms. The summed E-state index contributed by atoms with van der Waals surface area (Å²) in [6, 6.07) is 0. The molecule has 0 amide bonds. The molecule has 0 aromatic heterocycles. The van der Waals surface area contributed by atoms with E-state index in [2.05, 4.69) is 18.8 Å². The van der Waals surface area contributed by atoms with E-state index in [1.807, 2.05) is 0 Å². The molecule has 1 heterocycles. The largest absolute Gasteiger partial charge is 0.411 e. The highest BCUT2D eigenvalue weighted by Gasteiger charge is 2.16. The maximum Gasteiger partial charge on any atom is 0.334 e. The Morgan fingerprint density at radius 3 is 2.80 bits per heavy atom. The van der Waals surface area contributed by atoms with Crippen LogP contribution < -0.4 is 0 Å². The molecule has 1 rings (SSSR count). The molecule has 0 unspecified atom stereocenters. The lowest BCUT2D eigenvalue weighted by atomic mass is 10.1. The number of ether oxygens (including phenoxy) is 1. The number of hydrogen-bond donors (Lipinski definition) is 0. The summed E-state index contributed by atoms with van der Waals surface area (Å²) in [5.74, 6) is 0.875. The van der Waals surface area contributed by atoms with Crippen LogP contribution in [0.5, 0.6) is 0 Å². The van der Waals surface area contributed by atoms with Gasteiger partial charge in [0.25, 0.3) is 0 Å². The number of rotatable bonds is 2. The van der Waals surface area contributed by atoms with E-state index in [9.17, 15) is 4.79 Å². The molecule has 1 aliphatic heterocycles. The van der Waals surface area contributed by atoms with Gasteiger partial charge in [0.15, 0.2) is 5.90 Å². The van der Waals surface area contributed by atoms with Gasteiger partial charge in [0.1, 0.15) is 6.54 Å². The van der Waals surface area contributed by atoms with Crippen LogP contribution >= 0.6 is 0 Å². The summed E-state index contributed by atoms with van der Waals surface area (Å²) < 4.78 is 4.78. The molecule has 10 heavy (non-hydrogen) atoms. The molecule has 0 aromatic carbocycles. The van der Waals surface area contributed by atoms with Gasteiger partial charge in [-0.3, -0.25) is 0 Å². The predicted octanol–water partition coefficient (Wildman–Crippen LogP) is 0.988. The first-order chi connectivity index (χ1) is 4.68. The van der Waals surface area contributed by atoms with Crippen LogP contribution in [0.4, 0.5) is 0 Å². The van der Waals surface area contributed by atoms with E-state index in [-0.39, 0.29) is 12.5 Å². The molecule has 0 bridgehead atoms. The zero-order chi connectivity index (χ0) is 7.56.